The summed E-state index contributed by atoms with van der Waals surface area (Å²) in [6.45, 7) is 2.10. The number of morpholine rings is 1. The van der Waals surface area contributed by atoms with Crippen molar-refractivity contribution in [2.75, 3.05) is 25.0 Å². The second kappa shape index (κ2) is 8.55. The van der Waals surface area contributed by atoms with Gasteiger partial charge in [-0.3, -0.25) is 9.59 Å². The van der Waals surface area contributed by atoms with Gasteiger partial charge in [0.15, 0.2) is 0 Å². The van der Waals surface area contributed by atoms with E-state index in [1.807, 2.05) is 6.07 Å². The second-order valence-electron chi connectivity index (χ2n) is 5.94. The molecule has 0 radical (unpaired) electrons. The van der Waals surface area contributed by atoms with Crippen LogP contribution in [0, 0.1) is 5.82 Å². The minimum atomic E-state index is -0.481. The molecule has 0 bridgehead atoms. The SMILES string of the molecule is O=C(Nc1cccc(CNC(=O)C2CNCCO2)c1)c1ccc(F)cc1. The fraction of sp³-hybridized carbons (Fsp3) is 0.263. The Bertz CT molecular complexity index is 774. The summed E-state index contributed by atoms with van der Waals surface area (Å²) in [5.74, 6) is -0.887. The van der Waals surface area contributed by atoms with Crippen molar-refractivity contribution < 1.29 is 18.7 Å². The fourth-order valence-electron chi connectivity index (χ4n) is 2.60. The Kier molecular flexibility index (Phi) is 5.93. The molecule has 2 aromatic carbocycles. The number of amides is 2. The van der Waals surface area contributed by atoms with E-state index in [9.17, 15) is 14.0 Å². The largest absolute Gasteiger partial charge is 0.366 e. The lowest BCUT2D eigenvalue weighted by Gasteiger charge is -2.22. The van der Waals surface area contributed by atoms with E-state index in [4.69, 9.17) is 4.74 Å². The zero-order valence-electron chi connectivity index (χ0n) is 14.1. The van der Waals surface area contributed by atoms with E-state index in [1.54, 1.807) is 18.2 Å². The van der Waals surface area contributed by atoms with Gasteiger partial charge in [-0.05, 0) is 42.0 Å². The van der Waals surface area contributed by atoms with Crippen molar-refractivity contribution in [1.82, 2.24) is 10.6 Å². The molecule has 3 rings (SSSR count). The molecule has 1 saturated heterocycles. The number of hydrogen-bond acceptors (Lipinski definition) is 4. The lowest BCUT2D eigenvalue weighted by molar-refractivity contribution is -0.134. The van der Waals surface area contributed by atoms with E-state index in [0.29, 0.717) is 30.9 Å². The van der Waals surface area contributed by atoms with Crippen LogP contribution in [0.2, 0.25) is 0 Å². The fourth-order valence-corrected chi connectivity index (χ4v) is 2.60. The van der Waals surface area contributed by atoms with Crippen molar-refractivity contribution in [3.63, 3.8) is 0 Å². The molecule has 1 aliphatic heterocycles. The summed E-state index contributed by atoms with van der Waals surface area (Å²) in [5, 5.41) is 8.70. The number of benzene rings is 2. The average Bonchev–Trinajstić information content (AvgIpc) is 2.67. The minimum absolute atomic E-state index is 0.169. The van der Waals surface area contributed by atoms with E-state index in [-0.39, 0.29) is 11.8 Å². The summed E-state index contributed by atoms with van der Waals surface area (Å²) in [4.78, 5) is 24.3. The number of nitrogens with one attached hydrogen (secondary N) is 3. The summed E-state index contributed by atoms with van der Waals surface area (Å²) < 4.78 is 18.3. The number of anilines is 1. The maximum absolute atomic E-state index is 12.9. The molecule has 1 unspecified atom stereocenters. The van der Waals surface area contributed by atoms with E-state index in [2.05, 4.69) is 16.0 Å². The molecule has 2 amide bonds. The topological polar surface area (TPSA) is 79.5 Å². The van der Waals surface area contributed by atoms with Gasteiger partial charge in [0.25, 0.3) is 11.8 Å². The standard InChI is InChI=1S/C19H20FN3O3/c20-15-6-4-14(5-7-15)18(24)23-16-3-1-2-13(10-16)11-22-19(25)17-12-21-8-9-26-17/h1-7,10,17,21H,8-9,11-12H2,(H,22,25)(H,23,24). The number of carbonyl (C=O) groups is 2. The van der Waals surface area contributed by atoms with Gasteiger partial charge in [0, 0.05) is 30.9 Å². The van der Waals surface area contributed by atoms with Gasteiger partial charge < -0.3 is 20.7 Å². The van der Waals surface area contributed by atoms with E-state index in [0.717, 1.165) is 12.1 Å². The average molecular weight is 357 g/mol. The highest BCUT2D eigenvalue weighted by atomic mass is 19.1. The number of hydrogen-bond donors (Lipinski definition) is 3. The third kappa shape index (κ3) is 4.87. The molecule has 136 valence electrons. The van der Waals surface area contributed by atoms with Gasteiger partial charge in [-0.15, -0.1) is 0 Å². The van der Waals surface area contributed by atoms with Crippen LogP contribution in [-0.2, 0) is 16.1 Å². The molecule has 0 aromatic heterocycles. The summed E-state index contributed by atoms with van der Waals surface area (Å²) in [7, 11) is 0. The predicted molar refractivity (Wildman–Crippen MR) is 95.3 cm³/mol. The Hall–Kier alpha value is -2.77. The normalized spacial score (nSPS) is 16.7. The Morgan fingerprint density at radius 2 is 2.00 bits per heavy atom. The first-order chi connectivity index (χ1) is 12.6. The number of halogens is 1. The number of ether oxygens (including phenoxy) is 1. The molecular weight excluding hydrogens is 337 g/mol. The quantitative estimate of drug-likeness (QED) is 0.761. The van der Waals surface area contributed by atoms with Gasteiger partial charge in [-0.25, -0.2) is 4.39 Å². The van der Waals surface area contributed by atoms with Crippen LogP contribution in [0.15, 0.2) is 48.5 Å². The maximum Gasteiger partial charge on any atom is 0.255 e. The van der Waals surface area contributed by atoms with Crippen LogP contribution in [0.25, 0.3) is 0 Å². The van der Waals surface area contributed by atoms with Gasteiger partial charge in [0.05, 0.1) is 6.61 Å². The highest BCUT2D eigenvalue weighted by Crippen LogP contribution is 2.13. The zero-order valence-corrected chi connectivity index (χ0v) is 14.1. The van der Waals surface area contributed by atoms with Gasteiger partial charge in [-0.2, -0.15) is 0 Å². The Morgan fingerprint density at radius 1 is 1.19 bits per heavy atom. The van der Waals surface area contributed by atoms with Crippen LogP contribution in [-0.4, -0.2) is 37.6 Å². The van der Waals surface area contributed by atoms with Crippen molar-refractivity contribution in [3.8, 4) is 0 Å². The molecular formula is C19H20FN3O3. The Morgan fingerprint density at radius 3 is 2.73 bits per heavy atom. The summed E-state index contributed by atoms with van der Waals surface area (Å²) in [5.41, 5.74) is 1.81. The van der Waals surface area contributed by atoms with Crippen LogP contribution in [0.1, 0.15) is 15.9 Å². The molecule has 26 heavy (non-hydrogen) atoms. The van der Waals surface area contributed by atoms with Crippen molar-refractivity contribution >= 4 is 17.5 Å². The van der Waals surface area contributed by atoms with Gasteiger partial charge in [-0.1, -0.05) is 12.1 Å². The highest BCUT2D eigenvalue weighted by molar-refractivity contribution is 6.04. The lowest BCUT2D eigenvalue weighted by atomic mass is 10.1. The third-order valence-electron chi connectivity index (χ3n) is 3.98. The molecule has 0 spiro atoms. The molecule has 2 aromatic rings. The predicted octanol–water partition coefficient (Wildman–Crippen LogP) is 1.68. The maximum atomic E-state index is 12.9. The Balaban J connectivity index is 1.56. The van der Waals surface area contributed by atoms with Crippen LogP contribution in [0.4, 0.5) is 10.1 Å². The van der Waals surface area contributed by atoms with Crippen molar-refractivity contribution in [1.29, 1.82) is 0 Å². The summed E-state index contributed by atoms with van der Waals surface area (Å²) in [6, 6.07) is 12.5. The first-order valence-electron chi connectivity index (χ1n) is 8.38. The van der Waals surface area contributed by atoms with E-state index in [1.165, 1.54) is 24.3 Å². The first kappa shape index (κ1) is 18.0. The van der Waals surface area contributed by atoms with E-state index >= 15 is 0 Å². The summed E-state index contributed by atoms with van der Waals surface area (Å²) >= 11 is 0. The van der Waals surface area contributed by atoms with E-state index < -0.39 is 11.9 Å². The van der Waals surface area contributed by atoms with Gasteiger partial charge >= 0.3 is 0 Å². The second-order valence-corrected chi connectivity index (χ2v) is 5.94. The lowest BCUT2D eigenvalue weighted by Crippen LogP contribution is -2.47. The van der Waals surface area contributed by atoms with Crippen LogP contribution in [0.3, 0.4) is 0 Å². The third-order valence-corrected chi connectivity index (χ3v) is 3.98. The Labute approximate surface area is 150 Å². The molecule has 1 fully saturated rings. The van der Waals surface area contributed by atoms with Gasteiger partial charge in [0.1, 0.15) is 11.9 Å². The molecule has 1 aliphatic rings. The van der Waals surface area contributed by atoms with Gasteiger partial charge in [0.2, 0.25) is 0 Å². The minimum Gasteiger partial charge on any atom is -0.366 e. The van der Waals surface area contributed by atoms with Crippen LogP contribution >= 0.6 is 0 Å². The van der Waals surface area contributed by atoms with Crippen LogP contribution in [0.5, 0.6) is 0 Å². The molecule has 0 saturated carbocycles. The molecule has 7 heteroatoms. The molecule has 0 aliphatic carbocycles. The molecule has 1 heterocycles. The summed E-state index contributed by atoms with van der Waals surface area (Å²) in [6.07, 6.45) is -0.481. The molecule has 3 N–H and O–H groups in total. The molecule has 6 nitrogen and oxygen atoms in total. The molecule has 1 atom stereocenters. The number of rotatable bonds is 5. The first-order valence-corrected chi connectivity index (χ1v) is 8.38. The monoisotopic (exact) mass is 357 g/mol. The zero-order chi connectivity index (χ0) is 18.4. The highest BCUT2D eigenvalue weighted by Gasteiger charge is 2.21. The van der Waals surface area contributed by atoms with Crippen molar-refractivity contribution in [3.05, 3.63) is 65.5 Å². The smallest absolute Gasteiger partial charge is 0.255 e. The van der Waals surface area contributed by atoms with Crippen molar-refractivity contribution in [2.24, 2.45) is 0 Å². The van der Waals surface area contributed by atoms with Crippen LogP contribution < -0.4 is 16.0 Å². The number of carbonyl (C=O) groups excluding carboxylic acids is 2. The van der Waals surface area contributed by atoms with Crippen molar-refractivity contribution in [2.45, 2.75) is 12.6 Å².